The van der Waals surface area contributed by atoms with Crippen LogP contribution in [0.2, 0.25) is 0 Å². The molecule has 0 unspecified atom stereocenters. The van der Waals surface area contributed by atoms with Crippen molar-refractivity contribution < 1.29 is 18.4 Å². The smallest absolute Gasteiger partial charge is 0.315 e. The average molecular weight is 545 g/mol. The molecule has 0 aliphatic carbocycles. The van der Waals surface area contributed by atoms with Crippen molar-refractivity contribution in [3.8, 4) is 22.5 Å². The van der Waals surface area contributed by atoms with E-state index >= 15 is 4.39 Å². The molecule has 1 aliphatic heterocycles. The maximum absolute atomic E-state index is 15.1. The number of H-pyrrole nitrogens is 1. The van der Waals surface area contributed by atoms with E-state index < -0.39 is 11.7 Å². The summed E-state index contributed by atoms with van der Waals surface area (Å²) in [5, 5.41) is 11.0. The Morgan fingerprint density at radius 2 is 2.00 bits per heavy atom. The fraction of sp³-hybridized carbons (Fsp3) is 0.357. The van der Waals surface area contributed by atoms with Gasteiger partial charge in [0.15, 0.2) is 11.5 Å². The van der Waals surface area contributed by atoms with Crippen molar-refractivity contribution in [3.63, 3.8) is 0 Å². The van der Waals surface area contributed by atoms with Gasteiger partial charge in [-0.05, 0) is 30.5 Å². The average Bonchev–Trinajstić information content (AvgIpc) is 3.71. The van der Waals surface area contributed by atoms with Gasteiger partial charge in [-0.25, -0.2) is 14.4 Å². The largest absolute Gasteiger partial charge is 0.381 e. The van der Waals surface area contributed by atoms with E-state index in [9.17, 15) is 4.79 Å². The molecule has 0 saturated carbocycles. The number of pyridine rings is 1. The lowest BCUT2D eigenvalue weighted by molar-refractivity contribution is 0.0662. The van der Waals surface area contributed by atoms with Crippen molar-refractivity contribution in [1.29, 1.82) is 0 Å². The molecule has 1 aromatic carbocycles. The zero-order valence-electron chi connectivity index (χ0n) is 22.4. The maximum Gasteiger partial charge on any atom is 0.315 e. The van der Waals surface area contributed by atoms with Crippen LogP contribution in [0, 0.1) is 5.82 Å². The second kappa shape index (κ2) is 10.3. The monoisotopic (exact) mass is 544 g/mol. The van der Waals surface area contributed by atoms with Crippen LogP contribution in [0.4, 0.5) is 4.39 Å². The lowest BCUT2D eigenvalue weighted by Gasteiger charge is -2.22. The van der Waals surface area contributed by atoms with E-state index in [4.69, 9.17) is 9.26 Å². The molecule has 11 nitrogen and oxygen atoms in total. The Morgan fingerprint density at radius 3 is 2.75 bits per heavy atom. The van der Waals surface area contributed by atoms with Gasteiger partial charge in [0.1, 0.15) is 11.6 Å². The van der Waals surface area contributed by atoms with E-state index in [0.29, 0.717) is 40.0 Å². The molecule has 1 fully saturated rings. The summed E-state index contributed by atoms with van der Waals surface area (Å²) in [6.45, 7) is 7.18. The van der Waals surface area contributed by atoms with Crippen molar-refractivity contribution in [2.24, 2.45) is 0 Å². The van der Waals surface area contributed by atoms with Gasteiger partial charge < -0.3 is 19.6 Å². The maximum atomic E-state index is 15.1. The molecule has 4 aromatic heterocycles. The number of carbonyl (C=O) groups is 1. The lowest BCUT2D eigenvalue weighted by Crippen LogP contribution is -2.24. The number of nitrogens with one attached hydrogen (secondary N) is 2. The number of nitrogens with zero attached hydrogens (tertiary/aromatic N) is 6. The molecular formula is C28H29FN8O3. The number of imidazole rings is 1. The van der Waals surface area contributed by atoms with Crippen LogP contribution in [0.5, 0.6) is 0 Å². The van der Waals surface area contributed by atoms with E-state index in [2.05, 4.69) is 35.5 Å². The highest BCUT2D eigenvalue weighted by atomic mass is 19.1. The summed E-state index contributed by atoms with van der Waals surface area (Å²) >= 11 is 0. The van der Waals surface area contributed by atoms with Gasteiger partial charge in [-0.3, -0.25) is 9.48 Å². The zero-order valence-corrected chi connectivity index (χ0v) is 22.4. The van der Waals surface area contributed by atoms with Gasteiger partial charge in [-0.2, -0.15) is 10.1 Å². The molecule has 0 radical (unpaired) electrons. The highest BCUT2D eigenvalue weighted by molar-refractivity contribution is 5.91. The Morgan fingerprint density at radius 1 is 1.18 bits per heavy atom. The van der Waals surface area contributed by atoms with Crippen LogP contribution in [0.3, 0.4) is 0 Å². The Bertz CT molecular complexity index is 1680. The van der Waals surface area contributed by atoms with Gasteiger partial charge >= 0.3 is 11.8 Å². The second-order valence-corrected chi connectivity index (χ2v) is 10.9. The summed E-state index contributed by atoms with van der Waals surface area (Å²) in [6.07, 6.45) is 7.26. The molecule has 5 heterocycles. The summed E-state index contributed by atoms with van der Waals surface area (Å²) in [4.78, 5) is 29.0. The predicted molar refractivity (Wildman–Crippen MR) is 144 cm³/mol. The zero-order chi connectivity index (χ0) is 27.9. The van der Waals surface area contributed by atoms with Gasteiger partial charge in [0.2, 0.25) is 0 Å². The number of aromatic nitrogens is 7. The van der Waals surface area contributed by atoms with Crippen LogP contribution in [0.1, 0.15) is 61.7 Å². The summed E-state index contributed by atoms with van der Waals surface area (Å²) in [5.74, 6) is -0.112. The minimum atomic E-state index is -0.563. The van der Waals surface area contributed by atoms with Gasteiger partial charge in [0, 0.05) is 48.7 Å². The third-order valence-electron chi connectivity index (χ3n) is 6.93. The number of amides is 1. The molecule has 1 saturated heterocycles. The Hall–Kier alpha value is -4.45. The predicted octanol–water partition coefficient (Wildman–Crippen LogP) is 4.59. The third-order valence-corrected chi connectivity index (χ3v) is 6.93. The number of fused-ring (bicyclic) bond motifs is 1. The summed E-state index contributed by atoms with van der Waals surface area (Å²) in [5.41, 5.74) is 3.45. The summed E-state index contributed by atoms with van der Waals surface area (Å²) in [7, 11) is 0. The van der Waals surface area contributed by atoms with Crippen LogP contribution >= 0.6 is 0 Å². The SMILES string of the molecule is CC(C)(C)c1noc(C(=O)NCc2ccc(-c3ccnc4nc(-c5cnn(C6CCOCC6)c5)[nH]c34)cc2F)n1. The van der Waals surface area contributed by atoms with Crippen molar-refractivity contribution in [2.75, 3.05) is 13.2 Å². The highest BCUT2D eigenvalue weighted by Gasteiger charge is 2.24. The molecule has 40 heavy (non-hydrogen) atoms. The van der Waals surface area contributed by atoms with Crippen LogP contribution in [-0.4, -0.2) is 54.0 Å². The van der Waals surface area contributed by atoms with Crippen molar-refractivity contribution in [1.82, 2.24) is 40.2 Å². The summed E-state index contributed by atoms with van der Waals surface area (Å²) in [6, 6.07) is 6.99. The van der Waals surface area contributed by atoms with E-state index in [0.717, 1.165) is 37.2 Å². The van der Waals surface area contributed by atoms with Crippen molar-refractivity contribution in [2.45, 2.75) is 51.6 Å². The Kier molecular flexibility index (Phi) is 6.62. The number of hydrogen-bond acceptors (Lipinski definition) is 8. The first-order valence-electron chi connectivity index (χ1n) is 13.1. The minimum absolute atomic E-state index is 0.0325. The van der Waals surface area contributed by atoms with Crippen LogP contribution in [0.25, 0.3) is 33.7 Å². The first-order valence-corrected chi connectivity index (χ1v) is 13.1. The van der Waals surface area contributed by atoms with Crippen LogP contribution < -0.4 is 5.32 Å². The van der Waals surface area contributed by atoms with Crippen molar-refractivity contribution in [3.05, 3.63) is 66.0 Å². The first-order chi connectivity index (χ1) is 19.3. The lowest BCUT2D eigenvalue weighted by atomic mass is 9.96. The summed E-state index contributed by atoms with van der Waals surface area (Å²) < 4.78 is 27.6. The van der Waals surface area contributed by atoms with Crippen LogP contribution in [0.15, 0.2) is 47.4 Å². The normalized spacial score (nSPS) is 14.6. The van der Waals surface area contributed by atoms with Gasteiger partial charge in [-0.15, -0.1) is 0 Å². The number of hydrogen-bond donors (Lipinski definition) is 2. The molecule has 0 spiro atoms. The topological polar surface area (TPSA) is 137 Å². The van der Waals surface area contributed by atoms with E-state index in [-0.39, 0.29) is 17.9 Å². The number of benzene rings is 1. The number of halogens is 1. The van der Waals surface area contributed by atoms with Gasteiger partial charge in [0.05, 0.1) is 23.3 Å². The number of ether oxygens (including phenoxy) is 1. The molecule has 1 amide bonds. The second-order valence-electron chi connectivity index (χ2n) is 10.9. The Labute approximate surface area is 229 Å². The van der Waals surface area contributed by atoms with Gasteiger partial charge in [-0.1, -0.05) is 38.1 Å². The molecule has 0 bridgehead atoms. The highest BCUT2D eigenvalue weighted by Crippen LogP contribution is 2.30. The number of rotatable bonds is 6. The fourth-order valence-electron chi connectivity index (χ4n) is 4.63. The number of carbonyl (C=O) groups excluding carboxylic acids is 1. The molecule has 206 valence electrons. The van der Waals surface area contributed by atoms with Gasteiger partial charge in [0.25, 0.3) is 0 Å². The molecule has 1 aliphatic rings. The first kappa shape index (κ1) is 25.8. The quantitative estimate of drug-likeness (QED) is 0.317. The molecule has 2 N–H and O–H groups in total. The van der Waals surface area contributed by atoms with E-state index in [1.54, 1.807) is 24.5 Å². The van der Waals surface area contributed by atoms with Crippen LogP contribution in [-0.2, 0) is 16.7 Å². The molecule has 12 heteroatoms. The van der Waals surface area contributed by atoms with E-state index in [1.807, 2.05) is 37.7 Å². The molecule has 5 aromatic rings. The van der Waals surface area contributed by atoms with E-state index in [1.165, 1.54) is 6.07 Å². The minimum Gasteiger partial charge on any atom is -0.381 e. The Balaban J connectivity index is 1.20. The fourth-order valence-corrected chi connectivity index (χ4v) is 4.63. The third kappa shape index (κ3) is 5.09. The van der Waals surface area contributed by atoms with Crippen molar-refractivity contribution >= 4 is 17.1 Å². The molecule has 6 rings (SSSR count). The number of aromatic amines is 1. The standard InChI is InChI=1S/C28H29FN8O3/c1-28(2,3)27-35-26(40-36-27)25(38)31-13-17-5-4-16(12-21(17)29)20-6-9-30-24-22(20)33-23(34-24)18-14-32-37(15-18)19-7-10-39-11-8-19/h4-6,9,12,14-15,19H,7-8,10-11,13H2,1-3H3,(H,31,38)(H,30,33,34). The molecule has 0 atom stereocenters. The molecular weight excluding hydrogens is 515 g/mol.